The number of alkyl halides is 3. The first-order valence-corrected chi connectivity index (χ1v) is 8.26. The highest BCUT2D eigenvalue weighted by molar-refractivity contribution is 5.87. The van der Waals surface area contributed by atoms with Crippen molar-refractivity contribution < 1.29 is 27.8 Å². The average Bonchev–Trinajstić information content (AvgIpc) is 2.65. The standard InChI is InChI=1S/C18H15F3N4O4/c19-18(20,21)29-13-3-1-2-12-16(13)23-14(9-22)25(17(12)28)24-15(27)8-10-4-6-11(26)7-5-10/h1-7,26H,8-9,22H2,(H,24,27). The fourth-order valence-corrected chi connectivity index (χ4v) is 2.65. The lowest BCUT2D eigenvalue weighted by Crippen LogP contribution is -2.38. The van der Waals surface area contributed by atoms with Crippen molar-refractivity contribution in [2.24, 2.45) is 5.73 Å². The maximum absolute atomic E-state index is 12.7. The summed E-state index contributed by atoms with van der Waals surface area (Å²) in [6.07, 6.45) is -5.09. The second-order valence-electron chi connectivity index (χ2n) is 5.95. The molecule has 0 aliphatic rings. The summed E-state index contributed by atoms with van der Waals surface area (Å²) >= 11 is 0. The SMILES string of the molecule is NCc1nc2c(OC(F)(F)F)cccc2c(=O)n1NC(=O)Cc1ccc(O)cc1. The first-order chi connectivity index (χ1) is 13.7. The molecule has 0 aliphatic carbocycles. The molecule has 0 fully saturated rings. The molecule has 11 heteroatoms. The number of fused-ring (bicyclic) bond motifs is 1. The number of nitrogens with zero attached hydrogens (tertiary/aromatic N) is 2. The molecule has 0 radical (unpaired) electrons. The van der Waals surface area contributed by atoms with Crippen molar-refractivity contribution in [2.45, 2.75) is 19.3 Å². The van der Waals surface area contributed by atoms with Crippen LogP contribution in [0.15, 0.2) is 47.3 Å². The molecule has 1 aromatic heterocycles. The van der Waals surface area contributed by atoms with Gasteiger partial charge in [-0.2, -0.15) is 0 Å². The second kappa shape index (κ2) is 7.80. The molecule has 0 bridgehead atoms. The summed E-state index contributed by atoms with van der Waals surface area (Å²) < 4.78 is 42.5. The molecule has 1 heterocycles. The Labute approximate surface area is 161 Å². The number of aromatic nitrogens is 2. The number of phenolic OH excluding ortho intramolecular Hbond substituents is 1. The lowest BCUT2D eigenvalue weighted by atomic mass is 10.1. The summed E-state index contributed by atoms with van der Waals surface area (Å²) in [7, 11) is 0. The smallest absolute Gasteiger partial charge is 0.508 e. The molecule has 29 heavy (non-hydrogen) atoms. The van der Waals surface area contributed by atoms with Crippen LogP contribution in [0, 0.1) is 0 Å². The molecular formula is C18H15F3N4O4. The second-order valence-corrected chi connectivity index (χ2v) is 5.95. The third kappa shape index (κ3) is 4.63. The predicted octanol–water partition coefficient (Wildman–Crippen LogP) is 1.77. The van der Waals surface area contributed by atoms with Crippen LogP contribution in [-0.4, -0.2) is 27.0 Å². The molecule has 152 valence electrons. The number of amides is 1. The number of carbonyl (C=O) groups excluding carboxylic acids is 1. The van der Waals surface area contributed by atoms with Gasteiger partial charge in [0.15, 0.2) is 5.75 Å². The number of carbonyl (C=O) groups is 1. The van der Waals surface area contributed by atoms with Gasteiger partial charge in [-0.1, -0.05) is 18.2 Å². The number of nitrogens with two attached hydrogens (primary N) is 1. The van der Waals surface area contributed by atoms with Crippen LogP contribution in [0.25, 0.3) is 10.9 Å². The van der Waals surface area contributed by atoms with Gasteiger partial charge in [0, 0.05) is 0 Å². The van der Waals surface area contributed by atoms with E-state index in [9.17, 15) is 27.9 Å². The van der Waals surface area contributed by atoms with Crippen LogP contribution in [0.1, 0.15) is 11.4 Å². The van der Waals surface area contributed by atoms with E-state index in [1.165, 1.54) is 36.4 Å². The van der Waals surface area contributed by atoms with Gasteiger partial charge in [-0.3, -0.25) is 15.0 Å². The van der Waals surface area contributed by atoms with E-state index in [2.05, 4.69) is 15.1 Å². The fraction of sp³-hybridized carbons (Fsp3) is 0.167. The van der Waals surface area contributed by atoms with Gasteiger partial charge in [-0.05, 0) is 29.8 Å². The summed E-state index contributed by atoms with van der Waals surface area (Å²) in [6.45, 7) is -0.328. The van der Waals surface area contributed by atoms with Gasteiger partial charge in [0.25, 0.3) is 5.56 Å². The van der Waals surface area contributed by atoms with E-state index in [-0.39, 0.29) is 35.4 Å². The van der Waals surface area contributed by atoms with Crippen LogP contribution in [0.3, 0.4) is 0 Å². The quantitative estimate of drug-likeness (QED) is 0.592. The van der Waals surface area contributed by atoms with Crippen molar-refractivity contribution >= 4 is 16.8 Å². The summed E-state index contributed by atoms with van der Waals surface area (Å²) in [6, 6.07) is 9.35. The molecule has 3 aromatic rings. The number of rotatable bonds is 5. The largest absolute Gasteiger partial charge is 0.573 e. The first kappa shape index (κ1) is 20.1. The lowest BCUT2D eigenvalue weighted by molar-refractivity contribution is -0.274. The Balaban J connectivity index is 1.97. The minimum absolute atomic E-state index is 0.0337. The molecule has 0 atom stereocenters. The number of ether oxygens (including phenoxy) is 1. The average molecular weight is 408 g/mol. The molecule has 0 unspecified atom stereocenters. The van der Waals surface area contributed by atoms with E-state index in [4.69, 9.17) is 5.73 Å². The Morgan fingerprint density at radius 2 is 1.90 bits per heavy atom. The van der Waals surface area contributed by atoms with Gasteiger partial charge in [0.2, 0.25) is 5.91 Å². The Morgan fingerprint density at radius 1 is 1.21 bits per heavy atom. The van der Waals surface area contributed by atoms with E-state index < -0.39 is 23.6 Å². The molecule has 4 N–H and O–H groups in total. The molecule has 8 nitrogen and oxygen atoms in total. The Hall–Kier alpha value is -3.60. The van der Waals surface area contributed by atoms with Crippen molar-refractivity contribution in [1.29, 1.82) is 0 Å². The number of para-hydroxylation sites is 1. The maximum atomic E-state index is 12.7. The molecule has 0 spiro atoms. The number of benzene rings is 2. The topological polar surface area (TPSA) is 119 Å². The molecule has 0 saturated carbocycles. The number of hydrogen-bond donors (Lipinski definition) is 3. The van der Waals surface area contributed by atoms with Gasteiger partial charge in [0.1, 0.15) is 17.1 Å². The Morgan fingerprint density at radius 3 is 2.52 bits per heavy atom. The number of hydrogen-bond acceptors (Lipinski definition) is 6. The normalized spacial score (nSPS) is 11.4. The molecule has 2 aromatic carbocycles. The van der Waals surface area contributed by atoms with E-state index in [0.29, 0.717) is 5.56 Å². The molecule has 3 rings (SSSR count). The number of phenols is 1. The molecular weight excluding hydrogens is 393 g/mol. The van der Waals surface area contributed by atoms with Gasteiger partial charge in [-0.15, -0.1) is 13.2 Å². The van der Waals surface area contributed by atoms with Gasteiger partial charge >= 0.3 is 6.36 Å². The fourth-order valence-electron chi connectivity index (χ4n) is 2.65. The van der Waals surface area contributed by atoms with Crippen molar-refractivity contribution in [1.82, 2.24) is 9.66 Å². The lowest BCUT2D eigenvalue weighted by Gasteiger charge is -2.15. The van der Waals surface area contributed by atoms with Crippen LogP contribution in [0.5, 0.6) is 11.5 Å². The van der Waals surface area contributed by atoms with Gasteiger partial charge < -0.3 is 15.6 Å². The van der Waals surface area contributed by atoms with Crippen molar-refractivity contribution in [3.05, 3.63) is 64.2 Å². The van der Waals surface area contributed by atoms with Crippen LogP contribution < -0.4 is 21.5 Å². The third-order valence-electron chi connectivity index (χ3n) is 3.88. The number of halogens is 3. The van der Waals surface area contributed by atoms with Crippen LogP contribution in [0.2, 0.25) is 0 Å². The van der Waals surface area contributed by atoms with Crippen molar-refractivity contribution in [3.63, 3.8) is 0 Å². The highest BCUT2D eigenvalue weighted by Crippen LogP contribution is 2.28. The van der Waals surface area contributed by atoms with Gasteiger partial charge in [-0.25, -0.2) is 9.66 Å². The molecule has 1 amide bonds. The monoisotopic (exact) mass is 408 g/mol. The number of aromatic hydroxyl groups is 1. The van der Waals surface area contributed by atoms with E-state index in [1.54, 1.807) is 0 Å². The predicted molar refractivity (Wildman–Crippen MR) is 96.8 cm³/mol. The van der Waals surface area contributed by atoms with Crippen LogP contribution >= 0.6 is 0 Å². The Bertz CT molecular complexity index is 1110. The van der Waals surface area contributed by atoms with E-state index in [0.717, 1.165) is 10.7 Å². The van der Waals surface area contributed by atoms with Gasteiger partial charge in [0.05, 0.1) is 18.4 Å². The summed E-state index contributed by atoms with van der Waals surface area (Å²) in [5.74, 6) is -1.35. The summed E-state index contributed by atoms with van der Waals surface area (Å²) in [4.78, 5) is 29.0. The van der Waals surface area contributed by atoms with Crippen LogP contribution in [0.4, 0.5) is 13.2 Å². The Kier molecular flexibility index (Phi) is 5.41. The highest BCUT2D eigenvalue weighted by atomic mass is 19.4. The zero-order valence-corrected chi connectivity index (χ0v) is 14.7. The summed E-state index contributed by atoms with van der Waals surface area (Å²) in [5.41, 5.74) is 7.36. The third-order valence-corrected chi connectivity index (χ3v) is 3.88. The number of nitrogens with one attached hydrogen (secondary N) is 1. The van der Waals surface area contributed by atoms with Crippen molar-refractivity contribution in [2.75, 3.05) is 5.43 Å². The highest BCUT2D eigenvalue weighted by Gasteiger charge is 2.32. The van der Waals surface area contributed by atoms with Crippen molar-refractivity contribution in [3.8, 4) is 11.5 Å². The zero-order chi connectivity index (χ0) is 21.2. The van der Waals surface area contributed by atoms with E-state index in [1.807, 2.05) is 0 Å². The van der Waals surface area contributed by atoms with E-state index >= 15 is 0 Å². The zero-order valence-electron chi connectivity index (χ0n) is 14.7. The first-order valence-electron chi connectivity index (χ1n) is 8.26. The summed E-state index contributed by atoms with van der Waals surface area (Å²) in [5, 5.41) is 9.09. The minimum atomic E-state index is -4.97. The maximum Gasteiger partial charge on any atom is 0.573 e. The minimum Gasteiger partial charge on any atom is -0.508 e. The molecule has 0 aliphatic heterocycles. The molecule has 0 saturated heterocycles. The van der Waals surface area contributed by atoms with Crippen LogP contribution in [-0.2, 0) is 17.8 Å².